The molecule has 0 bridgehead atoms. The molecular weight excluding hydrogens is 559 g/mol. The Kier molecular flexibility index (Phi) is 32.9. The Morgan fingerprint density at radius 1 is 0.353 bits per heavy atom. The summed E-state index contributed by atoms with van der Waals surface area (Å²) in [6.45, 7) is 11.8. The van der Waals surface area contributed by atoms with E-state index in [0.29, 0.717) is 0 Å². The molecule has 0 radical (unpaired) electrons. The van der Waals surface area contributed by atoms with Crippen LogP contribution in [0.15, 0.2) is 0 Å². The van der Waals surface area contributed by atoms with Crippen LogP contribution in [0.3, 0.4) is 0 Å². The summed E-state index contributed by atoms with van der Waals surface area (Å²) in [5.74, 6) is -3.22. The van der Waals surface area contributed by atoms with Crippen molar-refractivity contribution < 1.29 is 57.2 Å². The van der Waals surface area contributed by atoms with Gasteiger partial charge in [0.2, 0.25) is 0 Å². The minimum absolute atomic E-state index is 0. The molecule has 0 unspecified atom stereocenters. The van der Waals surface area contributed by atoms with Crippen LogP contribution in [0.25, 0.3) is 0 Å². The monoisotopic (exact) mass is 598 g/mol. The Labute approximate surface area is 219 Å². The quantitative estimate of drug-likeness (QED) is 0.173. The van der Waals surface area contributed by atoms with E-state index in [1.807, 2.05) is 0 Å². The molecule has 0 saturated heterocycles. The summed E-state index contributed by atoms with van der Waals surface area (Å²) < 4.78 is 27.1. The van der Waals surface area contributed by atoms with Crippen molar-refractivity contribution in [1.29, 1.82) is 0 Å². The van der Waals surface area contributed by atoms with E-state index >= 15 is 0 Å². The number of hydrogen-bond donors (Lipinski definition) is 0. The predicted octanol–water partition coefficient (Wildman–Crippen LogP) is 0.324. The first-order chi connectivity index (χ1) is 15.6. The van der Waals surface area contributed by atoms with Crippen LogP contribution in [0, 0.1) is 0 Å². The maximum atomic E-state index is 10.6. The van der Waals surface area contributed by atoms with E-state index < -0.39 is 35.8 Å². The first kappa shape index (κ1) is 38.9. The van der Waals surface area contributed by atoms with Gasteiger partial charge < -0.3 is 28.4 Å². The van der Waals surface area contributed by atoms with Crippen molar-refractivity contribution in [2.75, 3.05) is 39.6 Å². The van der Waals surface area contributed by atoms with Gasteiger partial charge >= 0.3 is 61.7 Å². The Morgan fingerprint density at radius 3 is 0.559 bits per heavy atom. The molecule has 0 amide bonds. The number of carbonyl (C=O) groups is 6. The van der Waals surface area contributed by atoms with Gasteiger partial charge in [0.15, 0.2) is 0 Å². The van der Waals surface area contributed by atoms with Crippen LogP contribution < -0.4 is 0 Å². The Bertz CT molecular complexity index is 463. The van der Waals surface area contributed by atoms with Gasteiger partial charge in [0.25, 0.3) is 0 Å². The van der Waals surface area contributed by atoms with E-state index in [-0.39, 0.29) is 84.7 Å². The minimum atomic E-state index is -0.536. The maximum absolute atomic E-state index is 10.6. The van der Waals surface area contributed by atoms with E-state index in [0.717, 1.165) is 0 Å². The number of hydrogen-bond acceptors (Lipinski definition) is 12. The molecule has 13 heteroatoms. The molecule has 0 aromatic carbocycles. The van der Waals surface area contributed by atoms with Crippen LogP contribution in [0.5, 0.6) is 0 Å². The van der Waals surface area contributed by atoms with E-state index in [4.69, 9.17) is 0 Å². The van der Waals surface area contributed by atoms with E-state index in [1.54, 1.807) is 41.5 Å². The normalized spacial score (nSPS) is 8.65. The molecule has 0 aromatic heterocycles. The number of rotatable bonds is 12. The number of carbonyl (C=O) groups excluding carboxylic acids is 6. The van der Waals surface area contributed by atoms with Gasteiger partial charge in [-0.05, 0) is 41.5 Å². The summed E-state index contributed by atoms with van der Waals surface area (Å²) in [5, 5.41) is 0. The Hall–Kier alpha value is -2.31. The van der Waals surface area contributed by atoms with E-state index in [1.165, 1.54) is 0 Å². The summed E-state index contributed by atoms with van der Waals surface area (Å²) in [5.41, 5.74) is 0. The van der Waals surface area contributed by atoms with Crippen LogP contribution in [-0.4, -0.2) is 101 Å². The van der Waals surface area contributed by atoms with Gasteiger partial charge in [-0.3, -0.25) is 28.8 Å². The fourth-order valence-corrected chi connectivity index (χ4v) is 1.63. The van der Waals surface area contributed by atoms with Crippen molar-refractivity contribution in [3.63, 3.8) is 0 Å². The van der Waals surface area contributed by atoms with Crippen molar-refractivity contribution in [2.45, 2.75) is 60.8 Å². The van der Waals surface area contributed by atoms with E-state index in [2.05, 4.69) is 28.4 Å². The van der Waals surface area contributed by atoms with Gasteiger partial charge in [-0.15, -0.1) is 0 Å². The first-order valence-electron chi connectivity index (χ1n) is 10.5. The molecule has 0 aliphatic carbocycles. The fourth-order valence-electron chi connectivity index (χ4n) is 1.63. The third-order valence-corrected chi connectivity index (χ3v) is 2.70. The molecule has 0 heterocycles. The predicted molar refractivity (Wildman–Crippen MR) is 124 cm³/mol. The van der Waals surface area contributed by atoms with Gasteiger partial charge in [0.1, 0.15) is 19.3 Å². The summed E-state index contributed by atoms with van der Waals surface area (Å²) >= 11 is 0. The van der Waals surface area contributed by atoms with Crippen molar-refractivity contribution in [1.82, 2.24) is 0 Å². The molecule has 0 aliphatic rings. The second kappa shape index (κ2) is 28.7. The molecular formula is C21H39InO12. The first-order valence-corrected chi connectivity index (χ1v) is 10.5. The van der Waals surface area contributed by atoms with Gasteiger partial charge in [-0.25, -0.2) is 0 Å². The Morgan fingerprint density at radius 2 is 0.471 bits per heavy atom. The number of esters is 6. The molecule has 0 spiro atoms. The zero-order valence-corrected chi connectivity index (χ0v) is 20.3. The summed E-state index contributed by atoms with van der Waals surface area (Å²) in [6, 6.07) is 0. The second-order valence-corrected chi connectivity index (χ2v) is 5.36. The molecule has 34 heavy (non-hydrogen) atoms. The van der Waals surface area contributed by atoms with Crippen molar-refractivity contribution in [3.8, 4) is 0 Å². The SMILES string of the molecule is CCOC(=O)CC(=O)OCC.CCOC(=O)CC(=O)OCC.CCOC(=O)CC(=O)OCC.[InH3]. The second-order valence-electron chi connectivity index (χ2n) is 5.36. The van der Waals surface area contributed by atoms with Gasteiger partial charge in [0.05, 0.1) is 39.6 Å². The third kappa shape index (κ3) is 31.9. The van der Waals surface area contributed by atoms with Crippen LogP contribution >= 0.6 is 0 Å². The molecule has 0 aliphatic heterocycles. The molecule has 0 aromatic rings. The van der Waals surface area contributed by atoms with Crippen LogP contribution in [0.4, 0.5) is 0 Å². The zero-order valence-electron chi connectivity index (χ0n) is 20.3. The van der Waals surface area contributed by atoms with Crippen LogP contribution in [0.2, 0.25) is 0 Å². The van der Waals surface area contributed by atoms with Crippen LogP contribution in [0.1, 0.15) is 60.8 Å². The molecule has 0 atom stereocenters. The standard InChI is InChI=1S/3C7H12O4.In.3H/c3*1-3-10-6(8)5-7(9)11-4-2;;;;/h3*3-5H2,1-2H3;;;;. The molecule has 0 saturated carbocycles. The molecule has 0 N–H and O–H groups in total. The van der Waals surface area contributed by atoms with Crippen molar-refractivity contribution in [3.05, 3.63) is 0 Å². The molecule has 0 rings (SSSR count). The topological polar surface area (TPSA) is 158 Å². The number of ether oxygens (including phenoxy) is 6. The fraction of sp³-hybridized carbons (Fsp3) is 0.714. The van der Waals surface area contributed by atoms with E-state index in [9.17, 15) is 28.8 Å². The third-order valence-electron chi connectivity index (χ3n) is 2.70. The zero-order chi connectivity index (χ0) is 26.1. The summed E-state index contributed by atoms with van der Waals surface area (Å²) in [4.78, 5) is 63.6. The van der Waals surface area contributed by atoms with Crippen molar-refractivity contribution >= 4 is 61.7 Å². The Balaban J connectivity index is -0.000000196. The average molecular weight is 598 g/mol. The van der Waals surface area contributed by atoms with Crippen molar-refractivity contribution in [2.24, 2.45) is 0 Å². The van der Waals surface area contributed by atoms with Crippen LogP contribution in [-0.2, 0) is 57.2 Å². The van der Waals surface area contributed by atoms with Gasteiger partial charge in [-0.2, -0.15) is 0 Å². The summed E-state index contributed by atoms with van der Waals surface area (Å²) in [7, 11) is 0. The van der Waals surface area contributed by atoms with Gasteiger partial charge in [-0.1, -0.05) is 0 Å². The molecule has 198 valence electrons. The molecule has 0 fully saturated rings. The molecule has 12 nitrogen and oxygen atoms in total. The average Bonchev–Trinajstić information content (AvgIpc) is 2.69. The van der Waals surface area contributed by atoms with Gasteiger partial charge in [0, 0.05) is 0 Å². The summed E-state index contributed by atoms with van der Waals surface area (Å²) in [6.07, 6.45) is -0.870.